The Balaban J connectivity index is 2.06. The Morgan fingerprint density at radius 3 is 2.68 bits per heavy atom. The van der Waals surface area contributed by atoms with E-state index in [4.69, 9.17) is 0 Å². The second-order valence-corrected chi connectivity index (χ2v) is 5.78. The molecule has 0 saturated heterocycles. The zero-order valence-electron chi connectivity index (χ0n) is 12.2. The van der Waals surface area contributed by atoms with E-state index < -0.39 is 0 Å². The number of nitrogens with zero attached hydrogens (tertiary/aromatic N) is 2. The van der Waals surface area contributed by atoms with Crippen molar-refractivity contribution in [1.29, 1.82) is 0 Å². The summed E-state index contributed by atoms with van der Waals surface area (Å²) >= 11 is 1.73. The van der Waals surface area contributed by atoms with Crippen LogP contribution in [0.5, 0.6) is 0 Å². The number of thiazole rings is 1. The number of hydrogen-bond donors (Lipinski definition) is 1. The smallest absolute Gasteiger partial charge is 0.109 e. The third-order valence-corrected chi connectivity index (χ3v) is 4.58. The van der Waals surface area contributed by atoms with Crippen molar-refractivity contribution in [2.24, 2.45) is 0 Å². The van der Waals surface area contributed by atoms with Gasteiger partial charge in [-0.05, 0) is 38.8 Å². The van der Waals surface area contributed by atoms with Crippen LogP contribution in [0.4, 0.5) is 0 Å². The monoisotopic (exact) mass is 277 g/mol. The van der Waals surface area contributed by atoms with Crippen molar-refractivity contribution in [1.82, 2.24) is 14.9 Å². The van der Waals surface area contributed by atoms with Gasteiger partial charge >= 0.3 is 0 Å². The molecule has 0 bridgehead atoms. The maximum absolute atomic E-state index is 4.41. The van der Waals surface area contributed by atoms with Crippen LogP contribution >= 0.6 is 11.3 Å². The van der Waals surface area contributed by atoms with E-state index in [2.05, 4.69) is 48.6 Å². The van der Waals surface area contributed by atoms with Crippen molar-refractivity contribution in [3.05, 3.63) is 39.6 Å². The molecule has 4 heteroatoms. The number of hydrogen-bond acceptors (Lipinski definition) is 3. The molecule has 104 valence electrons. The summed E-state index contributed by atoms with van der Waals surface area (Å²) in [6, 6.07) is 2.66. The summed E-state index contributed by atoms with van der Waals surface area (Å²) in [5.74, 6) is 0. The summed E-state index contributed by atoms with van der Waals surface area (Å²) in [7, 11) is 0. The highest BCUT2D eigenvalue weighted by Crippen LogP contribution is 2.21. The van der Waals surface area contributed by atoms with E-state index in [1.807, 2.05) is 11.6 Å². The quantitative estimate of drug-likeness (QED) is 0.870. The van der Waals surface area contributed by atoms with E-state index in [0.29, 0.717) is 6.04 Å². The van der Waals surface area contributed by atoms with Crippen LogP contribution in [0.3, 0.4) is 0 Å². The van der Waals surface area contributed by atoms with Gasteiger partial charge in [0.1, 0.15) is 5.01 Å². The molecule has 0 spiro atoms. The molecule has 2 aromatic heterocycles. The zero-order chi connectivity index (χ0) is 13.8. The summed E-state index contributed by atoms with van der Waals surface area (Å²) in [5, 5.41) is 6.86. The van der Waals surface area contributed by atoms with Gasteiger partial charge in [-0.25, -0.2) is 4.98 Å². The maximum Gasteiger partial charge on any atom is 0.109 e. The van der Waals surface area contributed by atoms with Crippen LogP contribution < -0.4 is 5.32 Å². The van der Waals surface area contributed by atoms with Crippen molar-refractivity contribution in [3.63, 3.8) is 0 Å². The summed E-state index contributed by atoms with van der Waals surface area (Å²) in [4.78, 5) is 4.41. The second kappa shape index (κ2) is 6.35. The Kier molecular flexibility index (Phi) is 4.77. The van der Waals surface area contributed by atoms with Crippen LogP contribution in [0.1, 0.15) is 48.3 Å². The van der Waals surface area contributed by atoms with Crippen LogP contribution in [0.15, 0.2) is 17.6 Å². The maximum atomic E-state index is 4.41. The van der Waals surface area contributed by atoms with Crippen molar-refractivity contribution in [2.75, 3.05) is 0 Å². The van der Waals surface area contributed by atoms with E-state index in [1.165, 1.54) is 22.0 Å². The molecule has 0 radical (unpaired) electrons. The summed E-state index contributed by atoms with van der Waals surface area (Å²) in [6.07, 6.45) is 2.95. The zero-order valence-corrected chi connectivity index (χ0v) is 13.0. The van der Waals surface area contributed by atoms with Gasteiger partial charge in [-0.1, -0.05) is 6.92 Å². The van der Waals surface area contributed by atoms with E-state index in [1.54, 1.807) is 11.3 Å². The molecular formula is C15H23N3S. The molecule has 3 nitrogen and oxygen atoms in total. The van der Waals surface area contributed by atoms with Crippen molar-refractivity contribution in [3.8, 4) is 0 Å². The molecule has 2 heterocycles. The highest BCUT2D eigenvalue weighted by Gasteiger charge is 2.13. The van der Waals surface area contributed by atoms with Crippen molar-refractivity contribution >= 4 is 11.3 Å². The number of aromatic nitrogens is 2. The molecule has 0 saturated carbocycles. The lowest BCUT2D eigenvalue weighted by Gasteiger charge is -2.14. The van der Waals surface area contributed by atoms with E-state index in [-0.39, 0.29) is 0 Å². The van der Waals surface area contributed by atoms with Crippen LogP contribution in [0.2, 0.25) is 0 Å². The molecule has 0 aliphatic heterocycles. The fourth-order valence-electron chi connectivity index (χ4n) is 2.58. The highest BCUT2D eigenvalue weighted by atomic mass is 32.1. The number of rotatable bonds is 6. The molecule has 1 atom stereocenters. The number of aryl methyl sites for hydroxylation is 1. The first-order chi connectivity index (χ1) is 9.17. The van der Waals surface area contributed by atoms with Gasteiger partial charge in [0, 0.05) is 36.1 Å². The molecule has 2 aromatic rings. The third-order valence-electron chi connectivity index (χ3n) is 3.69. The number of nitrogens with one attached hydrogen (secondary N) is 1. The van der Waals surface area contributed by atoms with E-state index in [0.717, 1.165) is 19.5 Å². The van der Waals surface area contributed by atoms with Crippen LogP contribution in [0, 0.1) is 13.8 Å². The van der Waals surface area contributed by atoms with Gasteiger partial charge in [0.25, 0.3) is 0 Å². The summed E-state index contributed by atoms with van der Waals surface area (Å²) in [5.41, 5.74) is 4.12. The predicted molar refractivity (Wildman–Crippen MR) is 81.6 cm³/mol. The van der Waals surface area contributed by atoms with Crippen molar-refractivity contribution < 1.29 is 0 Å². The van der Waals surface area contributed by atoms with Gasteiger partial charge in [0.15, 0.2) is 0 Å². The molecular weight excluding hydrogens is 254 g/mol. The lowest BCUT2D eigenvalue weighted by molar-refractivity contribution is 0.515. The lowest BCUT2D eigenvalue weighted by Crippen LogP contribution is -2.20. The largest absolute Gasteiger partial charge is 0.349 e. The molecule has 0 fully saturated rings. The first-order valence-corrected chi connectivity index (χ1v) is 7.83. The molecule has 0 aromatic carbocycles. The van der Waals surface area contributed by atoms with E-state index in [9.17, 15) is 0 Å². The van der Waals surface area contributed by atoms with Crippen LogP contribution in [0.25, 0.3) is 0 Å². The average molecular weight is 277 g/mol. The Morgan fingerprint density at radius 1 is 1.37 bits per heavy atom. The van der Waals surface area contributed by atoms with Gasteiger partial charge in [-0.3, -0.25) is 0 Å². The molecule has 0 amide bonds. The molecule has 0 aliphatic carbocycles. The fraction of sp³-hybridized carbons (Fsp3) is 0.533. The fourth-order valence-corrected chi connectivity index (χ4v) is 3.38. The second-order valence-electron chi connectivity index (χ2n) is 4.85. The summed E-state index contributed by atoms with van der Waals surface area (Å²) < 4.78 is 2.36. The first-order valence-electron chi connectivity index (χ1n) is 6.95. The van der Waals surface area contributed by atoms with Crippen LogP contribution in [-0.2, 0) is 13.1 Å². The van der Waals surface area contributed by atoms with Gasteiger partial charge in [-0.2, -0.15) is 0 Å². The van der Waals surface area contributed by atoms with Gasteiger partial charge in [-0.15, -0.1) is 11.3 Å². The minimum absolute atomic E-state index is 0.365. The summed E-state index contributed by atoms with van der Waals surface area (Å²) in [6.45, 7) is 10.7. The molecule has 1 N–H and O–H groups in total. The minimum atomic E-state index is 0.365. The van der Waals surface area contributed by atoms with Gasteiger partial charge in [0.05, 0.1) is 6.04 Å². The minimum Gasteiger partial charge on any atom is -0.349 e. The van der Waals surface area contributed by atoms with Gasteiger partial charge < -0.3 is 9.88 Å². The topological polar surface area (TPSA) is 29.9 Å². The standard InChI is InChI=1S/C15H23N3S/c1-5-14(15-16-7-8-19-15)17-10-13-9-11(3)18(6-2)12(13)4/h7-9,14,17H,5-6,10H2,1-4H3. The average Bonchev–Trinajstić information content (AvgIpc) is 3.00. The predicted octanol–water partition coefficient (Wildman–Crippen LogP) is 3.82. The molecule has 19 heavy (non-hydrogen) atoms. The Bertz CT molecular complexity index is 514. The SMILES string of the molecule is CCC(NCc1cc(C)n(CC)c1C)c1nccs1. The van der Waals surface area contributed by atoms with Crippen LogP contribution in [-0.4, -0.2) is 9.55 Å². The Hall–Kier alpha value is -1.13. The molecule has 2 rings (SSSR count). The van der Waals surface area contributed by atoms with Crippen molar-refractivity contribution in [2.45, 2.75) is 53.2 Å². The first kappa shape index (κ1) is 14.3. The normalized spacial score (nSPS) is 12.8. The Labute approximate surface area is 119 Å². The third kappa shape index (κ3) is 3.07. The molecule has 1 unspecified atom stereocenters. The highest BCUT2D eigenvalue weighted by molar-refractivity contribution is 7.09. The van der Waals surface area contributed by atoms with Gasteiger partial charge in [0.2, 0.25) is 0 Å². The Morgan fingerprint density at radius 2 is 2.16 bits per heavy atom. The van der Waals surface area contributed by atoms with E-state index >= 15 is 0 Å². The lowest BCUT2D eigenvalue weighted by atomic mass is 10.2. The molecule has 0 aliphatic rings.